The van der Waals surface area contributed by atoms with Crippen LogP contribution < -0.4 is 4.90 Å². The number of quaternary nitrogens is 1. The van der Waals surface area contributed by atoms with Crippen molar-refractivity contribution in [1.29, 1.82) is 0 Å². The van der Waals surface area contributed by atoms with Gasteiger partial charge in [0.05, 0.1) is 42.5 Å². The molecule has 4 aliphatic carbocycles. The third kappa shape index (κ3) is 6.50. The lowest BCUT2D eigenvalue weighted by molar-refractivity contribution is -0.787. The van der Waals surface area contributed by atoms with Crippen LogP contribution >= 0.6 is 0 Å². The van der Waals surface area contributed by atoms with Crippen LogP contribution in [0.2, 0.25) is 0 Å². The molecule has 4 unspecified atom stereocenters. The maximum absolute atomic E-state index is 17.0. The monoisotopic (exact) mass is 1060 g/mol. The van der Waals surface area contributed by atoms with Crippen LogP contribution in [0.15, 0.2) is 41.5 Å². The van der Waals surface area contributed by atoms with Crippen molar-refractivity contribution < 1.29 is 119 Å². The van der Waals surface area contributed by atoms with Crippen molar-refractivity contribution in [2.45, 2.75) is 23.3 Å². The molecule has 1 N–H and O–H groups in total. The van der Waals surface area contributed by atoms with Crippen LogP contribution in [0.25, 0.3) is 23.3 Å². The molecule has 28 heteroatoms. The number of hydrogen-bond donors (Lipinski definition) is 1. The van der Waals surface area contributed by atoms with E-state index in [0.717, 1.165) is 17.0 Å². The predicted molar refractivity (Wildman–Crippen MR) is 197 cm³/mol. The van der Waals surface area contributed by atoms with Gasteiger partial charge in [0.25, 0.3) is 0 Å². The summed E-state index contributed by atoms with van der Waals surface area (Å²) in [6, 6.07) is 3.45. The van der Waals surface area contributed by atoms with Crippen molar-refractivity contribution in [2.24, 2.45) is 0 Å². The molecule has 9 rings (SSSR count). The van der Waals surface area contributed by atoms with E-state index in [1.807, 2.05) is 0 Å². The molecule has 0 aliphatic heterocycles. The van der Waals surface area contributed by atoms with Gasteiger partial charge in [-0.15, -0.1) is 0 Å². The summed E-state index contributed by atoms with van der Waals surface area (Å²) < 4.78 is 402. The first-order chi connectivity index (χ1) is 33.5. The van der Waals surface area contributed by atoms with Gasteiger partial charge in [-0.1, -0.05) is 23.3 Å². The highest BCUT2D eigenvalue weighted by Crippen LogP contribution is 2.72. The molecule has 72 heavy (non-hydrogen) atoms. The molecule has 0 fully saturated rings. The molecule has 5 aromatic rings. The number of halogens is 26. The molecule has 0 aromatic heterocycles. The standard InChI is InChI=1S/C36H4BF24.C8H9F2N/c38-13-1-5(21(46)33(58)29(13)54)17(42)25(50)9(1)37(10-2-6(18(43)26(10)51)22(47)34(59)30(55)14(2)39,11-3-7(19(44)27(11)52)23(48)35(60)31(56)15(3)40)12-4-8(20(45)28(12)53)24(49)36(61)32(57)16(4)41;1-11(2)8-5-6(9)3-4-7(8)10/h9-12H;3-5H,1-2H3/q-1;/p+1. The van der Waals surface area contributed by atoms with Crippen molar-refractivity contribution in [3.05, 3.63) is 191 Å². The van der Waals surface area contributed by atoms with Crippen molar-refractivity contribution in [3.8, 4) is 0 Å². The maximum Gasteiger partial charge on any atom is 0.198 e. The Labute approximate surface area is 382 Å². The summed E-state index contributed by atoms with van der Waals surface area (Å²) in [5, 5.41) is 0. The maximum atomic E-state index is 17.0. The predicted octanol–water partition coefficient (Wildman–Crippen LogP) is 14.2. The summed E-state index contributed by atoms with van der Waals surface area (Å²) in [4.78, 5) is 0.780. The van der Waals surface area contributed by atoms with Gasteiger partial charge in [0.2, 0.25) is 0 Å². The number of nitrogens with one attached hydrogen (secondary N) is 1. The third-order valence-corrected chi connectivity index (χ3v) is 13.0. The Balaban J connectivity index is 0.000000558. The van der Waals surface area contributed by atoms with Gasteiger partial charge in [-0.25, -0.2) is 114 Å². The number of allylic oxidation sites excluding steroid dienone is 4. The number of benzene rings is 5. The van der Waals surface area contributed by atoms with Crippen LogP contribution in [-0.4, -0.2) is 20.2 Å². The lowest BCUT2D eigenvalue weighted by Gasteiger charge is -2.57. The molecule has 1 nitrogen and oxygen atoms in total. The number of rotatable bonds is 5. The molecule has 0 saturated heterocycles. The van der Waals surface area contributed by atoms with Crippen LogP contribution in [0.4, 0.5) is 120 Å². The average Bonchev–Trinajstić information content (AvgIpc) is 3.97. The second-order valence-electron chi connectivity index (χ2n) is 16.5. The Morgan fingerprint density at radius 2 is 0.528 bits per heavy atom. The summed E-state index contributed by atoms with van der Waals surface area (Å²) in [5.74, 6) is -97.1. The highest BCUT2D eigenvalue weighted by atomic mass is 19.2. The van der Waals surface area contributed by atoms with Crippen LogP contribution in [0.5, 0.6) is 0 Å². The fourth-order valence-electron chi connectivity index (χ4n) is 10.4. The second-order valence-corrected chi connectivity index (χ2v) is 16.5. The Bertz CT molecular complexity index is 3050. The van der Waals surface area contributed by atoms with Crippen molar-refractivity contribution >= 4 is 35.1 Å². The summed E-state index contributed by atoms with van der Waals surface area (Å²) >= 11 is 0. The van der Waals surface area contributed by atoms with Crippen molar-refractivity contribution in [3.63, 3.8) is 0 Å². The second kappa shape index (κ2) is 17.2. The van der Waals surface area contributed by atoms with Gasteiger partial charge in [-0.2, -0.15) is 0 Å². The van der Waals surface area contributed by atoms with Gasteiger partial charge >= 0.3 is 0 Å². The SMILES string of the molecule is C[NH+](C)c1cc(F)ccc1F.FC1=C(F)C([B-](C2C(F)=C(F)c3c(F)c(F)c(F)c(F)c32)(C2C(F)=C(F)c3c(F)c(F)c(F)c(F)c32)C2C(F)=C(F)c3c(F)c(F)c(F)c(F)c32)c2c(F)c(F)c(F)c(F)c21. The van der Waals surface area contributed by atoms with E-state index in [1.54, 1.807) is 14.1 Å². The minimum absolute atomic E-state index is 0.352. The normalized spacial score (nSPS) is 20.0. The topological polar surface area (TPSA) is 4.44 Å². The highest BCUT2D eigenvalue weighted by molar-refractivity contribution is 6.88. The zero-order chi connectivity index (χ0) is 53.7. The van der Waals surface area contributed by atoms with Gasteiger partial charge < -0.3 is 4.90 Å². The summed E-state index contributed by atoms with van der Waals surface area (Å²) in [7, 11) is 3.50. The number of fused-ring (bicyclic) bond motifs is 4. The molecular weight excluding hydrogens is 1050 g/mol. The molecule has 0 saturated carbocycles. The lowest BCUT2D eigenvalue weighted by atomic mass is 9.02. The van der Waals surface area contributed by atoms with E-state index in [-0.39, 0.29) is 5.82 Å². The first-order valence-corrected chi connectivity index (χ1v) is 19.5. The van der Waals surface area contributed by atoms with E-state index in [4.69, 9.17) is 0 Å². The van der Waals surface area contributed by atoms with Gasteiger partial charge in [-0.05, 0) is 34.4 Å². The van der Waals surface area contributed by atoms with E-state index >= 15 is 87.8 Å². The van der Waals surface area contributed by atoms with Crippen LogP contribution in [0, 0.1) is 105 Å². The van der Waals surface area contributed by atoms with E-state index < -0.39 is 219 Å². The van der Waals surface area contributed by atoms with Crippen molar-refractivity contribution in [2.75, 3.05) is 14.1 Å². The largest absolute Gasteiger partial charge is 0.305 e. The van der Waals surface area contributed by atoms with E-state index in [9.17, 15) is 26.3 Å². The highest BCUT2D eigenvalue weighted by Gasteiger charge is 2.67. The molecule has 0 heterocycles. The lowest BCUT2D eigenvalue weighted by Crippen LogP contribution is -3.00. The molecule has 4 aliphatic rings. The zero-order valence-electron chi connectivity index (χ0n) is 34.4. The average molecular weight is 1060 g/mol. The minimum atomic E-state index is -6.83. The Morgan fingerprint density at radius 1 is 0.306 bits per heavy atom. The van der Waals surface area contributed by atoms with E-state index in [0.29, 0.717) is 5.69 Å². The third-order valence-electron chi connectivity index (χ3n) is 13.0. The van der Waals surface area contributed by atoms with Crippen LogP contribution in [0.3, 0.4) is 0 Å². The van der Waals surface area contributed by atoms with Gasteiger partial charge in [0.15, 0.2) is 128 Å². The Hall–Kier alpha value is -6.74. The van der Waals surface area contributed by atoms with E-state index in [2.05, 4.69) is 0 Å². The molecule has 0 spiro atoms. The van der Waals surface area contributed by atoms with Crippen LogP contribution in [-0.2, 0) is 0 Å². The van der Waals surface area contributed by atoms with Gasteiger partial charge in [0.1, 0.15) is 29.1 Å². The van der Waals surface area contributed by atoms with Crippen LogP contribution in [0.1, 0.15) is 67.8 Å². The molecule has 4 atom stereocenters. The fraction of sp³-hybridized carbons (Fsp3) is 0.136. The van der Waals surface area contributed by atoms with Crippen molar-refractivity contribution in [1.82, 2.24) is 0 Å². The number of hydrogen-bond acceptors (Lipinski definition) is 0. The molecular formula is C44H14BF26N. The molecule has 0 radical (unpaired) electrons. The summed E-state index contributed by atoms with van der Waals surface area (Å²) in [5.41, 5.74) is -21.6. The molecule has 5 aromatic carbocycles. The zero-order valence-corrected chi connectivity index (χ0v) is 34.4. The van der Waals surface area contributed by atoms with Gasteiger partial charge in [0, 0.05) is 6.07 Å². The minimum Gasteiger partial charge on any atom is -0.305 e. The first-order valence-electron chi connectivity index (χ1n) is 19.5. The quantitative estimate of drug-likeness (QED) is 0.0774. The molecule has 380 valence electrons. The Kier molecular flexibility index (Phi) is 12.3. The molecule has 0 amide bonds. The molecule has 0 bridgehead atoms. The first kappa shape index (κ1) is 51.6. The Morgan fingerprint density at radius 3 is 0.736 bits per heavy atom. The van der Waals surface area contributed by atoms with Gasteiger partial charge in [-0.3, -0.25) is 0 Å². The summed E-state index contributed by atoms with van der Waals surface area (Å²) in [6.45, 7) is 0. The fourth-order valence-corrected chi connectivity index (χ4v) is 10.4. The smallest absolute Gasteiger partial charge is 0.198 e. The van der Waals surface area contributed by atoms with E-state index in [1.165, 1.54) is 6.07 Å². The summed E-state index contributed by atoms with van der Waals surface area (Å²) in [6.07, 6.45) is -6.83.